The molecule has 1 saturated carbocycles. The second kappa shape index (κ2) is 4.95. The quantitative estimate of drug-likeness (QED) is 0.851. The molecule has 1 aromatic carbocycles. The molecular weight excluding hydrogens is 266 g/mol. The zero-order chi connectivity index (χ0) is 15.2. The Bertz CT molecular complexity index is 574. The number of aliphatic hydroxyl groups is 1. The summed E-state index contributed by atoms with van der Waals surface area (Å²) in [6.45, 7) is 3.58. The average molecular weight is 287 g/mol. The molecule has 1 fully saturated rings. The van der Waals surface area contributed by atoms with Gasteiger partial charge < -0.3 is 5.11 Å². The predicted octanol–water partition coefficient (Wildman–Crippen LogP) is 2.59. The fourth-order valence-corrected chi connectivity index (χ4v) is 3.77. The lowest BCUT2D eigenvalue weighted by atomic mass is 9.81. The summed E-state index contributed by atoms with van der Waals surface area (Å²) in [5.41, 5.74) is 2.02. The normalized spacial score (nSPS) is 20.8. The zero-order valence-corrected chi connectivity index (χ0v) is 12.6. The summed E-state index contributed by atoms with van der Waals surface area (Å²) in [7, 11) is 0. The number of rotatable bonds is 2. The summed E-state index contributed by atoms with van der Waals surface area (Å²) in [5, 5.41) is 9.91. The van der Waals surface area contributed by atoms with Crippen LogP contribution in [0, 0.1) is 13.8 Å². The molecule has 0 spiro atoms. The van der Waals surface area contributed by atoms with Crippen LogP contribution in [0.25, 0.3) is 0 Å². The lowest BCUT2D eigenvalue weighted by Gasteiger charge is -2.42. The summed E-state index contributed by atoms with van der Waals surface area (Å²) in [5.74, 6) is -0.459. The molecule has 0 bridgehead atoms. The van der Waals surface area contributed by atoms with Crippen molar-refractivity contribution in [1.29, 1.82) is 0 Å². The Morgan fingerprint density at radius 2 is 1.48 bits per heavy atom. The number of benzene rings is 1. The minimum absolute atomic E-state index is 0.142. The molecule has 1 heterocycles. The van der Waals surface area contributed by atoms with Gasteiger partial charge in [-0.25, -0.2) is 0 Å². The highest BCUT2D eigenvalue weighted by atomic mass is 16.3. The maximum Gasteiger partial charge on any atom is 0.262 e. The lowest BCUT2D eigenvalue weighted by Crippen LogP contribution is -2.55. The van der Waals surface area contributed by atoms with E-state index in [0.29, 0.717) is 24.0 Å². The van der Waals surface area contributed by atoms with Gasteiger partial charge in [-0.15, -0.1) is 0 Å². The molecule has 1 N–H and O–H groups in total. The van der Waals surface area contributed by atoms with Crippen molar-refractivity contribution in [3.8, 4) is 0 Å². The number of carbonyl (C=O) groups is 2. The first kappa shape index (κ1) is 14.3. The third kappa shape index (κ3) is 1.93. The Balaban J connectivity index is 2.11. The number of fused-ring (bicyclic) bond motifs is 1. The molecule has 0 radical (unpaired) electrons. The van der Waals surface area contributed by atoms with E-state index in [1.165, 1.54) is 4.90 Å². The van der Waals surface area contributed by atoms with Gasteiger partial charge in [0.15, 0.2) is 0 Å². The van der Waals surface area contributed by atoms with Gasteiger partial charge >= 0.3 is 0 Å². The molecule has 0 unspecified atom stereocenters. The number of aliphatic hydroxyl groups excluding tert-OH is 1. The van der Waals surface area contributed by atoms with Gasteiger partial charge in [0.1, 0.15) is 0 Å². The van der Waals surface area contributed by atoms with E-state index in [1.54, 1.807) is 0 Å². The van der Waals surface area contributed by atoms with Crippen molar-refractivity contribution in [3.05, 3.63) is 34.4 Å². The monoisotopic (exact) mass is 287 g/mol. The average Bonchev–Trinajstić information content (AvgIpc) is 2.77. The Morgan fingerprint density at radius 1 is 1.00 bits per heavy atom. The molecule has 1 aromatic rings. The van der Waals surface area contributed by atoms with E-state index in [1.807, 2.05) is 26.0 Å². The van der Waals surface area contributed by atoms with Gasteiger partial charge in [0.05, 0.1) is 23.3 Å². The fourth-order valence-electron chi connectivity index (χ4n) is 3.77. The third-order valence-electron chi connectivity index (χ3n) is 5.01. The zero-order valence-electron chi connectivity index (χ0n) is 12.6. The topological polar surface area (TPSA) is 57.6 Å². The molecule has 0 atom stereocenters. The van der Waals surface area contributed by atoms with Gasteiger partial charge in [-0.05, 0) is 37.8 Å². The van der Waals surface area contributed by atoms with Gasteiger partial charge in [-0.2, -0.15) is 0 Å². The van der Waals surface area contributed by atoms with Crippen molar-refractivity contribution >= 4 is 11.8 Å². The van der Waals surface area contributed by atoms with Crippen LogP contribution in [-0.2, 0) is 0 Å². The SMILES string of the molecule is Cc1ccc(C)c2c1C(=O)N(C1(CO)CCCCC1)C2=O. The minimum Gasteiger partial charge on any atom is -0.394 e. The molecule has 4 nitrogen and oxygen atoms in total. The molecule has 1 aliphatic heterocycles. The summed E-state index contributed by atoms with van der Waals surface area (Å²) >= 11 is 0. The van der Waals surface area contributed by atoms with E-state index < -0.39 is 5.54 Å². The van der Waals surface area contributed by atoms with Gasteiger partial charge in [0, 0.05) is 0 Å². The van der Waals surface area contributed by atoms with Crippen LogP contribution in [0.3, 0.4) is 0 Å². The molecule has 3 rings (SSSR count). The smallest absolute Gasteiger partial charge is 0.262 e. The number of hydrogen-bond acceptors (Lipinski definition) is 3. The highest BCUT2D eigenvalue weighted by Crippen LogP contribution is 2.40. The summed E-state index contributed by atoms with van der Waals surface area (Å²) < 4.78 is 0. The van der Waals surface area contributed by atoms with E-state index in [-0.39, 0.29) is 18.4 Å². The van der Waals surface area contributed by atoms with E-state index in [2.05, 4.69) is 0 Å². The number of amides is 2. The molecule has 2 amide bonds. The Hall–Kier alpha value is -1.68. The van der Waals surface area contributed by atoms with Crippen LogP contribution >= 0.6 is 0 Å². The highest BCUT2D eigenvalue weighted by Gasteiger charge is 2.50. The van der Waals surface area contributed by atoms with Crippen LogP contribution in [0.15, 0.2) is 12.1 Å². The maximum absolute atomic E-state index is 12.8. The summed E-state index contributed by atoms with van der Waals surface area (Å²) in [6.07, 6.45) is 4.40. The number of aryl methyl sites for hydroxylation is 2. The molecular formula is C17H21NO3. The van der Waals surface area contributed by atoms with Crippen LogP contribution in [0.4, 0.5) is 0 Å². The second-order valence-corrected chi connectivity index (χ2v) is 6.34. The van der Waals surface area contributed by atoms with Crippen molar-refractivity contribution in [2.45, 2.75) is 51.5 Å². The Morgan fingerprint density at radius 3 is 1.90 bits per heavy atom. The third-order valence-corrected chi connectivity index (χ3v) is 5.01. The van der Waals surface area contributed by atoms with Crippen LogP contribution in [0.5, 0.6) is 0 Å². The summed E-state index contributed by atoms with van der Waals surface area (Å²) in [4.78, 5) is 27.0. The highest BCUT2D eigenvalue weighted by molar-refractivity contribution is 6.23. The molecule has 0 saturated heterocycles. The molecule has 1 aliphatic carbocycles. The number of carbonyl (C=O) groups excluding carboxylic acids is 2. The van der Waals surface area contributed by atoms with Crippen LogP contribution in [0.2, 0.25) is 0 Å². The lowest BCUT2D eigenvalue weighted by molar-refractivity contribution is 0.0113. The molecule has 0 aromatic heterocycles. The van der Waals surface area contributed by atoms with Crippen molar-refractivity contribution in [1.82, 2.24) is 4.90 Å². The van der Waals surface area contributed by atoms with Gasteiger partial charge in [-0.1, -0.05) is 31.4 Å². The first-order valence-electron chi connectivity index (χ1n) is 7.62. The first-order valence-corrected chi connectivity index (χ1v) is 7.62. The molecule has 112 valence electrons. The minimum atomic E-state index is -0.704. The van der Waals surface area contributed by atoms with E-state index >= 15 is 0 Å². The van der Waals surface area contributed by atoms with E-state index in [0.717, 1.165) is 30.4 Å². The second-order valence-electron chi connectivity index (χ2n) is 6.34. The van der Waals surface area contributed by atoms with E-state index in [4.69, 9.17) is 0 Å². The van der Waals surface area contributed by atoms with Crippen LogP contribution < -0.4 is 0 Å². The molecule has 21 heavy (non-hydrogen) atoms. The van der Waals surface area contributed by atoms with Gasteiger partial charge in [0.2, 0.25) is 0 Å². The van der Waals surface area contributed by atoms with Crippen LogP contribution in [0.1, 0.15) is 63.9 Å². The van der Waals surface area contributed by atoms with Gasteiger partial charge in [-0.3, -0.25) is 14.5 Å². The summed E-state index contributed by atoms with van der Waals surface area (Å²) in [6, 6.07) is 3.77. The largest absolute Gasteiger partial charge is 0.394 e. The molecule has 2 aliphatic rings. The standard InChI is InChI=1S/C17H21NO3/c1-11-6-7-12(2)14-13(11)15(20)18(16(14)21)17(10-19)8-4-3-5-9-17/h6-7,19H,3-5,8-10H2,1-2H3. The van der Waals surface area contributed by atoms with Crippen molar-refractivity contribution in [3.63, 3.8) is 0 Å². The Kier molecular flexibility index (Phi) is 3.36. The van der Waals surface area contributed by atoms with Crippen molar-refractivity contribution in [2.75, 3.05) is 6.61 Å². The maximum atomic E-state index is 12.8. The van der Waals surface area contributed by atoms with Crippen LogP contribution in [-0.4, -0.2) is 34.0 Å². The fraction of sp³-hybridized carbons (Fsp3) is 0.529. The van der Waals surface area contributed by atoms with E-state index in [9.17, 15) is 14.7 Å². The van der Waals surface area contributed by atoms with Gasteiger partial charge in [0.25, 0.3) is 11.8 Å². The predicted molar refractivity (Wildman–Crippen MR) is 79.3 cm³/mol. The Labute approximate surface area is 124 Å². The molecule has 4 heteroatoms. The number of imide groups is 1. The first-order chi connectivity index (χ1) is 10.0. The van der Waals surface area contributed by atoms with Crippen molar-refractivity contribution < 1.29 is 14.7 Å². The number of nitrogens with zero attached hydrogens (tertiary/aromatic N) is 1. The number of hydrogen-bond donors (Lipinski definition) is 1. The van der Waals surface area contributed by atoms with Crippen molar-refractivity contribution in [2.24, 2.45) is 0 Å².